The van der Waals surface area contributed by atoms with Crippen molar-refractivity contribution < 1.29 is 28.2 Å². The smallest absolute Gasteiger partial charge is 0.257 e. The third-order valence-corrected chi connectivity index (χ3v) is 7.34. The zero-order chi connectivity index (χ0) is 27.4. The van der Waals surface area contributed by atoms with Gasteiger partial charge in [-0.05, 0) is 35.9 Å². The van der Waals surface area contributed by atoms with Crippen molar-refractivity contribution in [1.29, 1.82) is 0 Å². The van der Waals surface area contributed by atoms with Gasteiger partial charge in [-0.15, -0.1) is 0 Å². The van der Waals surface area contributed by atoms with E-state index in [1.807, 2.05) is 30.3 Å². The number of hydrogen-bond donors (Lipinski definition) is 1. The monoisotopic (exact) mass is 531 g/mol. The summed E-state index contributed by atoms with van der Waals surface area (Å²) in [6.45, 7) is 0.827. The Morgan fingerprint density at radius 3 is 2.41 bits per heavy atom. The van der Waals surface area contributed by atoms with Crippen LogP contribution in [0.1, 0.15) is 39.1 Å². The summed E-state index contributed by atoms with van der Waals surface area (Å²) in [5.41, 5.74) is 0.222. The molecule has 0 radical (unpaired) electrons. The van der Waals surface area contributed by atoms with E-state index in [4.69, 9.17) is 9.47 Å². The molecular weight excluding hydrogens is 501 g/mol. The molecule has 0 aromatic heterocycles. The van der Waals surface area contributed by atoms with Crippen LogP contribution in [-0.2, 0) is 16.1 Å². The summed E-state index contributed by atoms with van der Waals surface area (Å²) in [4.78, 5) is 43.4. The zero-order valence-electron chi connectivity index (χ0n) is 21.6. The number of rotatable bonds is 6. The zero-order valence-corrected chi connectivity index (χ0v) is 21.6. The molecule has 2 aliphatic heterocycles. The predicted molar refractivity (Wildman–Crippen MR) is 141 cm³/mol. The molecule has 8 nitrogen and oxygen atoms in total. The van der Waals surface area contributed by atoms with Gasteiger partial charge >= 0.3 is 0 Å². The molecule has 1 atom stereocenters. The summed E-state index contributed by atoms with van der Waals surface area (Å²) >= 11 is 0. The molecule has 1 N–H and O–H groups in total. The second-order valence-corrected chi connectivity index (χ2v) is 9.66. The maximum absolute atomic E-state index is 14.3. The van der Waals surface area contributed by atoms with E-state index in [-0.39, 0.29) is 49.9 Å². The highest BCUT2D eigenvalue weighted by molar-refractivity contribution is 5.99. The van der Waals surface area contributed by atoms with Crippen LogP contribution in [0.2, 0.25) is 0 Å². The molecule has 0 saturated carbocycles. The van der Waals surface area contributed by atoms with Crippen LogP contribution in [0.15, 0.2) is 78.9 Å². The minimum atomic E-state index is -1.08. The van der Waals surface area contributed by atoms with Crippen molar-refractivity contribution in [3.63, 3.8) is 0 Å². The molecular formula is C30H30FN3O5. The Morgan fingerprint density at radius 1 is 0.974 bits per heavy atom. The highest BCUT2D eigenvalue weighted by atomic mass is 19.1. The normalized spacial score (nSPS) is 18.2. The quantitative estimate of drug-likeness (QED) is 0.525. The fraction of sp³-hybridized carbons (Fsp3) is 0.300. The highest BCUT2D eigenvalue weighted by Gasteiger charge is 2.54. The number of benzene rings is 3. The van der Waals surface area contributed by atoms with Crippen LogP contribution in [0.4, 0.5) is 4.39 Å². The van der Waals surface area contributed by atoms with Crippen molar-refractivity contribution >= 4 is 17.7 Å². The lowest BCUT2D eigenvalue weighted by atomic mass is 9.96. The average Bonchev–Trinajstić information content (AvgIpc) is 3.34. The summed E-state index contributed by atoms with van der Waals surface area (Å²) < 4.78 is 25.8. The minimum absolute atomic E-state index is 0.00303. The SMILES string of the molecule is COc1cccc(C(=O)N2[C@H](C(=O)NCc3ccccc3)COC23CCN(C(=O)c2ccccc2F)CC3)c1. The van der Waals surface area contributed by atoms with Crippen LogP contribution in [0.3, 0.4) is 0 Å². The molecule has 2 fully saturated rings. The van der Waals surface area contributed by atoms with E-state index in [0.717, 1.165) is 5.56 Å². The second-order valence-electron chi connectivity index (χ2n) is 9.66. The van der Waals surface area contributed by atoms with Crippen LogP contribution in [0.5, 0.6) is 5.75 Å². The molecule has 2 aliphatic rings. The number of piperidine rings is 1. The maximum Gasteiger partial charge on any atom is 0.257 e. The van der Waals surface area contributed by atoms with Gasteiger partial charge < -0.3 is 19.7 Å². The van der Waals surface area contributed by atoms with Crippen LogP contribution in [0.25, 0.3) is 0 Å². The van der Waals surface area contributed by atoms with Crippen molar-refractivity contribution in [3.05, 3.63) is 101 Å². The number of hydrogen-bond acceptors (Lipinski definition) is 5. The van der Waals surface area contributed by atoms with Crippen molar-refractivity contribution in [1.82, 2.24) is 15.1 Å². The summed E-state index contributed by atoms with van der Waals surface area (Å²) in [5, 5.41) is 2.93. The van der Waals surface area contributed by atoms with Crippen molar-refractivity contribution in [2.45, 2.75) is 31.2 Å². The molecule has 9 heteroatoms. The van der Waals surface area contributed by atoms with Crippen LogP contribution in [0, 0.1) is 5.82 Å². The minimum Gasteiger partial charge on any atom is -0.497 e. The highest BCUT2D eigenvalue weighted by Crippen LogP contribution is 2.39. The Hall–Kier alpha value is -4.24. The Balaban J connectivity index is 1.38. The lowest BCUT2D eigenvalue weighted by Gasteiger charge is -2.44. The number of likely N-dealkylation sites (tertiary alicyclic amines) is 1. The molecule has 1 spiro atoms. The Kier molecular flexibility index (Phi) is 7.60. The summed E-state index contributed by atoms with van der Waals surface area (Å²) in [5.74, 6) is -1.16. The Bertz CT molecular complexity index is 1360. The molecule has 3 aromatic rings. The topological polar surface area (TPSA) is 88.2 Å². The van der Waals surface area contributed by atoms with Crippen molar-refractivity contribution in [2.75, 3.05) is 26.8 Å². The van der Waals surface area contributed by atoms with Gasteiger partial charge in [-0.1, -0.05) is 48.5 Å². The molecule has 5 rings (SSSR count). The third kappa shape index (κ3) is 5.35. The number of carbonyl (C=O) groups excluding carboxylic acids is 3. The molecule has 0 bridgehead atoms. The van der Waals surface area contributed by atoms with Gasteiger partial charge in [0.2, 0.25) is 5.91 Å². The predicted octanol–water partition coefficient (Wildman–Crippen LogP) is 3.62. The van der Waals surface area contributed by atoms with E-state index in [9.17, 15) is 18.8 Å². The molecule has 3 amide bonds. The Labute approximate surface area is 226 Å². The van der Waals surface area contributed by atoms with Gasteiger partial charge in [-0.2, -0.15) is 0 Å². The Morgan fingerprint density at radius 2 is 1.69 bits per heavy atom. The van der Waals surface area contributed by atoms with E-state index in [2.05, 4.69) is 5.32 Å². The fourth-order valence-corrected chi connectivity index (χ4v) is 5.23. The van der Waals surface area contributed by atoms with E-state index in [1.165, 1.54) is 30.2 Å². The van der Waals surface area contributed by atoms with Gasteiger partial charge in [0.25, 0.3) is 11.8 Å². The second kappa shape index (κ2) is 11.2. The van der Waals surface area contributed by atoms with Crippen LogP contribution < -0.4 is 10.1 Å². The lowest BCUT2D eigenvalue weighted by Crippen LogP contribution is -2.59. The van der Waals surface area contributed by atoms with Gasteiger partial charge in [-0.3, -0.25) is 19.3 Å². The van der Waals surface area contributed by atoms with Crippen LogP contribution in [-0.4, -0.2) is 66.1 Å². The van der Waals surface area contributed by atoms with E-state index < -0.39 is 23.5 Å². The van der Waals surface area contributed by atoms with Gasteiger partial charge in [0.15, 0.2) is 0 Å². The van der Waals surface area contributed by atoms with E-state index >= 15 is 0 Å². The van der Waals surface area contributed by atoms with Crippen LogP contribution >= 0.6 is 0 Å². The molecule has 0 unspecified atom stereocenters. The molecule has 39 heavy (non-hydrogen) atoms. The largest absolute Gasteiger partial charge is 0.497 e. The standard InChI is InChI=1S/C30H30FN3O5/c1-38-23-11-7-10-22(18-23)28(36)34-26(27(35)32-19-21-8-3-2-4-9-21)20-39-30(34)14-16-33(17-15-30)29(37)24-12-5-6-13-25(24)31/h2-13,18,26H,14-17,19-20H2,1H3,(H,32,35)/t26-/m0/s1. The number of amides is 3. The molecule has 2 saturated heterocycles. The van der Waals surface area contributed by atoms with Crippen molar-refractivity contribution in [2.24, 2.45) is 0 Å². The number of ether oxygens (including phenoxy) is 2. The van der Waals surface area contributed by atoms with E-state index in [1.54, 1.807) is 35.2 Å². The molecule has 202 valence electrons. The number of carbonyl (C=O) groups is 3. The first-order valence-corrected chi connectivity index (χ1v) is 12.9. The molecule has 2 heterocycles. The fourth-order valence-electron chi connectivity index (χ4n) is 5.23. The maximum atomic E-state index is 14.3. The molecule has 3 aromatic carbocycles. The first-order valence-electron chi connectivity index (χ1n) is 12.9. The first kappa shape index (κ1) is 26.4. The number of halogens is 1. The van der Waals surface area contributed by atoms with Gasteiger partial charge in [0.05, 0.1) is 19.3 Å². The third-order valence-electron chi connectivity index (χ3n) is 7.34. The average molecular weight is 532 g/mol. The van der Waals surface area contributed by atoms with Gasteiger partial charge in [0, 0.05) is 38.0 Å². The summed E-state index contributed by atoms with van der Waals surface area (Å²) in [6.07, 6.45) is 0.566. The number of methoxy groups -OCH3 is 1. The number of nitrogens with zero attached hydrogens (tertiary/aromatic N) is 2. The van der Waals surface area contributed by atoms with Crippen molar-refractivity contribution in [3.8, 4) is 5.75 Å². The van der Waals surface area contributed by atoms with Gasteiger partial charge in [0.1, 0.15) is 23.3 Å². The molecule has 0 aliphatic carbocycles. The first-order chi connectivity index (χ1) is 18.9. The lowest BCUT2D eigenvalue weighted by molar-refractivity contribution is -0.128. The summed E-state index contributed by atoms with van der Waals surface area (Å²) in [7, 11) is 1.52. The number of nitrogens with one attached hydrogen (secondary N) is 1. The summed E-state index contributed by atoms with van der Waals surface area (Å²) in [6, 6.07) is 21.3. The van der Waals surface area contributed by atoms with E-state index in [0.29, 0.717) is 17.9 Å². The van der Waals surface area contributed by atoms with Gasteiger partial charge in [-0.25, -0.2) is 4.39 Å².